The minimum Gasteiger partial charge on any atom is -0.298 e. The molecule has 25 heavy (non-hydrogen) atoms. The summed E-state index contributed by atoms with van der Waals surface area (Å²) in [4.78, 5) is 27.3. The van der Waals surface area contributed by atoms with Gasteiger partial charge in [-0.2, -0.15) is 16.4 Å². The van der Waals surface area contributed by atoms with E-state index in [1.54, 1.807) is 15.9 Å². The monoisotopic (exact) mass is 358 g/mol. The predicted octanol–water partition coefficient (Wildman–Crippen LogP) is 1.50. The number of nitrogens with zero attached hydrogens (tertiary/aromatic N) is 4. The van der Waals surface area contributed by atoms with Crippen molar-refractivity contribution in [2.24, 2.45) is 11.8 Å². The fourth-order valence-corrected chi connectivity index (χ4v) is 5.15. The molecule has 7 heteroatoms. The average Bonchev–Trinajstić information content (AvgIpc) is 3.25. The van der Waals surface area contributed by atoms with Crippen LogP contribution in [0.2, 0.25) is 0 Å². The van der Waals surface area contributed by atoms with E-state index in [9.17, 15) is 9.59 Å². The Hall–Kier alpha value is -1.73. The topological polar surface area (TPSA) is 60.1 Å². The summed E-state index contributed by atoms with van der Waals surface area (Å²) in [5, 5.41) is 8.96. The Morgan fingerprint density at radius 1 is 1.16 bits per heavy atom. The summed E-state index contributed by atoms with van der Waals surface area (Å²) in [5.41, 5.74) is 0.541. The maximum Gasteiger partial charge on any atom is 0.332 e. The predicted molar refractivity (Wildman–Crippen MR) is 95.9 cm³/mol. The van der Waals surface area contributed by atoms with Crippen LogP contribution in [0, 0.1) is 11.8 Å². The molecule has 4 heterocycles. The molecule has 0 bridgehead atoms. The van der Waals surface area contributed by atoms with E-state index in [1.807, 2.05) is 0 Å². The highest BCUT2D eigenvalue weighted by molar-refractivity contribution is 7.07. The number of likely N-dealkylation sites (tertiary alicyclic amines) is 1. The third-order valence-corrected chi connectivity index (χ3v) is 6.80. The summed E-state index contributed by atoms with van der Waals surface area (Å²) >= 11 is 1.73. The zero-order valence-electron chi connectivity index (χ0n) is 14.1. The van der Waals surface area contributed by atoms with Gasteiger partial charge in [-0.1, -0.05) is 6.42 Å². The summed E-state index contributed by atoms with van der Waals surface area (Å²) in [6.07, 6.45) is 3.52. The fourth-order valence-electron chi connectivity index (χ4n) is 4.49. The molecule has 2 atom stereocenters. The highest BCUT2D eigenvalue weighted by Gasteiger charge is 2.42. The Balaban J connectivity index is 1.41. The van der Waals surface area contributed by atoms with Crippen molar-refractivity contribution >= 4 is 11.3 Å². The number of fused-ring (bicyclic) bond motifs is 3. The molecule has 0 radical (unpaired) electrons. The standard InChI is InChI=1S/C18H22N4O2S/c23-17-18(24)22(7-12-2-1-3-12)19-16-15-10-20(6-13-4-5-25-11-13)8-14(15)9-21(16)17/h4-5,11-12,14-15H,1-3,6-10H2/t14-,15+/m0/s1. The van der Waals surface area contributed by atoms with Gasteiger partial charge in [-0.25, -0.2) is 4.68 Å². The minimum absolute atomic E-state index is 0.277. The third kappa shape index (κ3) is 2.60. The Morgan fingerprint density at radius 3 is 2.76 bits per heavy atom. The molecule has 3 aliphatic rings. The molecule has 2 aromatic heterocycles. The lowest BCUT2D eigenvalue weighted by Crippen LogP contribution is -2.45. The summed E-state index contributed by atoms with van der Waals surface area (Å²) in [7, 11) is 0. The number of aromatic nitrogens is 3. The van der Waals surface area contributed by atoms with Gasteiger partial charge in [-0.05, 0) is 41.1 Å². The third-order valence-electron chi connectivity index (χ3n) is 6.07. The van der Waals surface area contributed by atoms with Gasteiger partial charge in [0.2, 0.25) is 0 Å². The SMILES string of the molecule is O=c1c(=O)n2c(nn1CC1CCC1)[C@@H]1CN(Cc3ccsc3)C[C@H]1C2. The highest BCUT2D eigenvalue weighted by Crippen LogP contribution is 2.37. The van der Waals surface area contributed by atoms with Crippen LogP contribution in [0.15, 0.2) is 26.4 Å². The first-order valence-electron chi connectivity index (χ1n) is 9.14. The summed E-state index contributed by atoms with van der Waals surface area (Å²) in [6.45, 7) is 4.11. The molecular formula is C18H22N4O2S. The molecule has 0 N–H and O–H groups in total. The molecular weight excluding hydrogens is 336 g/mol. The van der Waals surface area contributed by atoms with E-state index >= 15 is 0 Å². The van der Waals surface area contributed by atoms with Crippen molar-refractivity contribution in [3.63, 3.8) is 0 Å². The van der Waals surface area contributed by atoms with Gasteiger partial charge >= 0.3 is 11.1 Å². The fraction of sp³-hybridized carbons (Fsp3) is 0.611. The normalized spacial score (nSPS) is 25.8. The second-order valence-corrected chi connectivity index (χ2v) is 8.53. The molecule has 0 spiro atoms. The number of hydrogen-bond acceptors (Lipinski definition) is 5. The van der Waals surface area contributed by atoms with Gasteiger partial charge in [-0.3, -0.25) is 19.1 Å². The van der Waals surface area contributed by atoms with E-state index in [2.05, 4.69) is 26.8 Å². The number of thiophene rings is 1. The first-order chi connectivity index (χ1) is 12.2. The smallest absolute Gasteiger partial charge is 0.298 e. The molecule has 1 saturated carbocycles. The van der Waals surface area contributed by atoms with Crippen molar-refractivity contribution in [3.05, 3.63) is 48.9 Å². The van der Waals surface area contributed by atoms with E-state index in [4.69, 9.17) is 0 Å². The largest absolute Gasteiger partial charge is 0.332 e. The Labute approximate surface area is 149 Å². The van der Waals surface area contributed by atoms with Gasteiger partial charge in [-0.15, -0.1) is 0 Å². The molecule has 0 amide bonds. The van der Waals surface area contributed by atoms with Crippen LogP contribution in [-0.4, -0.2) is 32.3 Å². The lowest BCUT2D eigenvalue weighted by atomic mass is 9.85. The van der Waals surface area contributed by atoms with Crippen molar-refractivity contribution < 1.29 is 0 Å². The van der Waals surface area contributed by atoms with E-state index < -0.39 is 5.56 Å². The summed E-state index contributed by atoms with van der Waals surface area (Å²) in [5.74, 6) is 2.03. The second kappa shape index (κ2) is 5.92. The molecule has 2 aromatic rings. The molecule has 2 fully saturated rings. The van der Waals surface area contributed by atoms with Crippen LogP contribution in [0.5, 0.6) is 0 Å². The van der Waals surface area contributed by atoms with E-state index in [-0.39, 0.29) is 11.5 Å². The molecule has 0 unspecified atom stereocenters. The number of rotatable bonds is 4. The van der Waals surface area contributed by atoms with Crippen LogP contribution in [0.1, 0.15) is 36.6 Å². The quantitative estimate of drug-likeness (QED) is 0.777. The molecule has 2 aliphatic heterocycles. The maximum atomic E-state index is 12.5. The van der Waals surface area contributed by atoms with Crippen LogP contribution in [0.4, 0.5) is 0 Å². The minimum atomic E-state index is -0.439. The van der Waals surface area contributed by atoms with Crippen LogP contribution in [0.3, 0.4) is 0 Å². The molecule has 1 saturated heterocycles. The van der Waals surface area contributed by atoms with Crippen LogP contribution < -0.4 is 11.1 Å². The molecule has 1 aliphatic carbocycles. The summed E-state index contributed by atoms with van der Waals surface area (Å²) in [6, 6.07) is 2.17. The second-order valence-electron chi connectivity index (χ2n) is 7.75. The van der Waals surface area contributed by atoms with Gasteiger partial charge in [0.15, 0.2) is 0 Å². The van der Waals surface area contributed by atoms with Crippen molar-refractivity contribution in [2.45, 2.75) is 44.8 Å². The van der Waals surface area contributed by atoms with Crippen LogP contribution in [-0.2, 0) is 19.6 Å². The van der Waals surface area contributed by atoms with Crippen molar-refractivity contribution in [1.29, 1.82) is 0 Å². The van der Waals surface area contributed by atoms with Gasteiger partial charge in [0, 0.05) is 44.6 Å². The Kier molecular flexibility index (Phi) is 3.67. The van der Waals surface area contributed by atoms with Crippen molar-refractivity contribution in [3.8, 4) is 0 Å². The molecule has 6 nitrogen and oxygen atoms in total. The molecule has 0 aromatic carbocycles. The van der Waals surface area contributed by atoms with E-state index in [0.717, 1.165) is 38.3 Å². The van der Waals surface area contributed by atoms with Gasteiger partial charge < -0.3 is 0 Å². The van der Waals surface area contributed by atoms with Crippen LogP contribution in [0.25, 0.3) is 0 Å². The molecule has 5 rings (SSSR count). The lowest BCUT2D eigenvalue weighted by molar-refractivity contribution is 0.256. The van der Waals surface area contributed by atoms with Crippen molar-refractivity contribution in [1.82, 2.24) is 19.2 Å². The zero-order valence-corrected chi connectivity index (χ0v) is 15.0. The Morgan fingerprint density at radius 2 is 2.04 bits per heavy atom. The highest BCUT2D eigenvalue weighted by atomic mass is 32.1. The first kappa shape index (κ1) is 15.5. The lowest BCUT2D eigenvalue weighted by Gasteiger charge is -2.25. The van der Waals surface area contributed by atoms with Gasteiger partial charge in [0.05, 0.1) is 0 Å². The number of hydrogen-bond donors (Lipinski definition) is 0. The van der Waals surface area contributed by atoms with Crippen LogP contribution >= 0.6 is 11.3 Å². The van der Waals surface area contributed by atoms with Gasteiger partial charge in [0.1, 0.15) is 5.82 Å². The zero-order chi connectivity index (χ0) is 17.0. The maximum absolute atomic E-state index is 12.5. The van der Waals surface area contributed by atoms with Crippen molar-refractivity contribution in [2.75, 3.05) is 13.1 Å². The average molecular weight is 358 g/mol. The summed E-state index contributed by atoms with van der Waals surface area (Å²) < 4.78 is 3.11. The van der Waals surface area contributed by atoms with E-state index in [1.165, 1.54) is 16.7 Å². The van der Waals surface area contributed by atoms with E-state index in [0.29, 0.717) is 24.9 Å². The first-order valence-corrected chi connectivity index (χ1v) is 10.1. The Bertz CT molecular complexity index is 897. The molecule has 132 valence electrons. The van der Waals surface area contributed by atoms with Gasteiger partial charge in [0.25, 0.3) is 0 Å².